The lowest BCUT2D eigenvalue weighted by Gasteiger charge is -1.91. The molecule has 80 valence electrons. The van der Waals surface area contributed by atoms with Crippen LogP contribution in [0.5, 0.6) is 0 Å². The first-order valence-electron chi connectivity index (χ1n) is 4.92. The molecule has 0 bridgehead atoms. The number of ketones is 1. The topological polar surface area (TPSA) is 30.0 Å². The zero-order chi connectivity index (χ0) is 11.8. The largest absolute Gasteiger partial charge is 0.295 e. The Morgan fingerprint density at radius 3 is 2.53 bits per heavy atom. The molecule has 1 aromatic rings. The van der Waals surface area contributed by atoms with E-state index in [0.717, 1.165) is 10.4 Å². The molecule has 0 amide bonds. The van der Waals surface area contributed by atoms with Crippen LogP contribution in [0.25, 0.3) is 12.7 Å². The molecule has 0 aliphatic carbocycles. The van der Waals surface area contributed by atoms with Gasteiger partial charge in [-0.3, -0.25) is 9.78 Å². The normalized spacial score (nSPS) is 10.2. The molecule has 1 heterocycles. The average Bonchev–Trinajstić information content (AvgIpc) is 2.24. The number of hydrogen-bond acceptors (Lipinski definition) is 2. The number of nitrogens with zero attached hydrogens (tertiary/aromatic N) is 1. The van der Waals surface area contributed by atoms with Gasteiger partial charge in [-0.05, 0) is 24.3 Å². The van der Waals surface area contributed by atoms with Crippen molar-refractivity contribution in [3.8, 4) is 0 Å². The third kappa shape index (κ3) is 4.36. The molecule has 0 fully saturated rings. The van der Waals surface area contributed by atoms with E-state index in [9.17, 15) is 4.79 Å². The van der Waals surface area contributed by atoms with Crippen LogP contribution in [0, 0.1) is 0 Å². The molecule has 0 aliphatic heterocycles. The van der Waals surface area contributed by atoms with E-state index in [-0.39, 0.29) is 5.78 Å². The summed E-state index contributed by atoms with van der Waals surface area (Å²) in [7, 11) is 0. The van der Waals surface area contributed by atoms with Crippen molar-refractivity contribution in [2.24, 2.45) is 0 Å². The van der Waals surface area contributed by atoms with E-state index in [0.29, 0.717) is 5.57 Å². The number of aromatic nitrogens is 1. The number of allylic oxidation sites excluding steroid dienone is 1. The van der Waals surface area contributed by atoms with Crippen molar-refractivity contribution in [2.45, 2.75) is 20.8 Å². The van der Waals surface area contributed by atoms with Crippen LogP contribution in [0.3, 0.4) is 0 Å². The van der Waals surface area contributed by atoms with Gasteiger partial charge in [0.05, 0.1) is 0 Å². The molecule has 0 atom stereocenters. The first-order chi connectivity index (χ1) is 7.11. The van der Waals surface area contributed by atoms with Gasteiger partial charge in [-0.25, -0.2) is 0 Å². The summed E-state index contributed by atoms with van der Waals surface area (Å²) in [5.74, 6) is -0.0387. The highest BCUT2D eigenvalue weighted by Crippen LogP contribution is 1.91. The lowest BCUT2D eigenvalue weighted by atomic mass is 10.1. The molecule has 0 radical (unpaired) electrons. The van der Waals surface area contributed by atoms with Crippen molar-refractivity contribution in [1.29, 1.82) is 0 Å². The summed E-state index contributed by atoms with van der Waals surface area (Å²) < 4.78 is 0. The summed E-state index contributed by atoms with van der Waals surface area (Å²) in [5, 5.41) is 1.68. The highest BCUT2D eigenvalue weighted by Gasteiger charge is 1.94. The first-order valence-corrected chi connectivity index (χ1v) is 4.92. The third-order valence-electron chi connectivity index (χ3n) is 1.73. The summed E-state index contributed by atoms with van der Waals surface area (Å²) in [6, 6.07) is 1.79. The van der Waals surface area contributed by atoms with Crippen LogP contribution >= 0.6 is 0 Å². The standard InChI is InChI=1S/C11H11NO.C2H6/c1-8-4-5-12-7-11(8)6-9(2)10(3)13;1-2/h4-7H,1-2H2,3H3;1-2H3/b11-6-;. The molecule has 0 saturated carbocycles. The van der Waals surface area contributed by atoms with Gasteiger partial charge in [-0.2, -0.15) is 0 Å². The van der Waals surface area contributed by atoms with Gasteiger partial charge in [0.1, 0.15) is 0 Å². The second-order valence-corrected chi connectivity index (χ2v) is 2.80. The molecule has 0 aliphatic rings. The summed E-state index contributed by atoms with van der Waals surface area (Å²) >= 11 is 0. The van der Waals surface area contributed by atoms with Crippen molar-refractivity contribution in [3.63, 3.8) is 0 Å². The van der Waals surface area contributed by atoms with Crippen LogP contribution in [0.1, 0.15) is 20.8 Å². The first kappa shape index (κ1) is 13.3. The molecule has 2 heteroatoms. The van der Waals surface area contributed by atoms with E-state index < -0.39 is 0 Å². The van der Waals surface area contributed by atoms with E-state index in [1.54, 1.807) is 24.5 Å². The Labute approximate surface area is 90.7 Å². The van der Waals surface area contributed by atoms with Gasteiger partial charge >= 0.3 is 0 Å². The van der Waals surface area contributed by atoms with Crippen LogP contribution < -0.4 is 10.4 Å². The lowest BCUT2D eigenvalue weighted by Crippen LogP contribution is -2.23. The number of carbonyl (C=O) groups is 1. The van der Waals surface area contributed by atoms with Gasteiger partial charge in [-0.15, -0.1) is 0 Å². The fourth-order valence-corrected chi connectivity index (χ4v) is 0.855. The molecule has 15 heavy (non-hydrogen) atoms. The number of rotatable bonds is 2. The summed E-state index contributed by atoms with van der Waals surface area (Å²) in [6.07, 6.45) is 5.02. The Balaban J connectivity index is 0.000000921. The number of hydrogen-bond donors (Lipinski definition) is 0. The van der Waals surface area contributed by atoms with Crippen molar-refractivity contribution in [2.75, 3.05) is 0 Å². The lowest BCUT2D eigenvalue weighted by molar-refractivity contribution is -0.113. The predicted molar refractivity (Wildman–Crippen MR) is 64.6 cm³/mol. The zero-order valence-electron chi connectivity index (χ0n) is 9.58. The van der Waals surface area contributed by atoms with Gasteiger partial charge in [0.25, 0.3) is 0 Å². The zero-order valence-corrected chi connectivity index (χ0v) is 9.58. The van der Waals surface area contributed by atoms with Gasteiger partial charge in [0, 0.05) is 23.2 Å². The van der Waals surface area contributed by atoms with E-state index in [1.807, 2.05) is 13.8 Å². The fourth-order valence-electron chi connectivity index (χ4n) is 0.855. The van der Waals surface area contributed by atoms with Crippen LogP contribution in [0.15, 0.2) is 30.6 Å². The molecule has 0 aromatic carbocycles. The minimum atomic E-state index is -0.0387. The van der Waals surface area contributed by atoms with E-state index >= 15 is 0 Å². The molecule has 2 nitrogen and oxygen atoms in total. The molecule has 0 N–H and O–H groups in total. The van der Waals surface area contributed by atoms with Crippen molar-refractivity contribution in [1.82, 2.24) is 4.98 Å². The second kappa shape index (κ2) is 6.71. The highest BCUT2D eigenvalue weighted by atomic mass is 16.1. The Bertz CT molecular complexity index is 446. The van der Waals surface area contributed by atoms with Crippen LogP contribution in [0.2, 0.25) is 0 Å². The van der Waals surface area contributed by atoms with Crippen LogP contribution in [-0.2, 0) is 4.79 Å². The highest BCUT2D eigenvalue weighted by molar-refractivity contribution is 6.00. The van der Waals surface area contributed by atoms with E-state index in [4.69, 9.17) is 0 Å². The quantitative estimate of drug-likeness (QED) is 0.681. The Hall–Kier alpha value is -1.70. The second-order valence-electron chi connectivity index (χ2n) is 2.80. The maximum absolute atomic E-state index is 10.9. The Morgan fingerprint density at radius 1 is 1.47 bits per heavy atom. The molecule has 1 rings (SSSR count). The molecule has 1 aromatic heterocycles. The minimum absolute atomic E-state index is 0.0387. The van der Waals surface area contributed by atoms with Crippen molar-refractivity contribution < 1.29 is 4.79 Å². The summed E-state index contributed by atoms with van der Waals surface area (Å²) in [5.41, 5.74) is 0.470. The van der Waals surface area contributed by atoms with E-state index in [2.05, 4.69) is 18.1 Å². The summed E-state index contributed by atoms with van der Waals surface area (Å²) in [6.45, 7) is 12.9. The number of pyridine rings is 1. The molecular weight excluding hydrogens is 186 g/mol. The smallest absolute Gasteiger partial charge is 0.159 e. The Morgan fingerprint density at radius 2 is 2.07 bits per heavy atom. The SMILES string of the molecule is C=C(/C=c1/cnccc1=C)C(C)=O.CC. The molecule has 0 saturated heterocycles. The maximum atomic E-state index is 10.9. The van der Waals surface area contributed by atoms with Gasteiger partial charge in [0.2, 0.25) is 0 Å². The Kier molecular flexibility index (Phi) is 5.95. The number of carbonyl (C=O) groups excluding carboxylic acids is 1. The van der Waals surface area contributed by atoms with Crippen LogP contribution in [0.4, 0.5) is 0 Å². The monoisotopic (exact) mass is 203 g/mol. The average molecular weight is 203 g/mol. The van der Waals surface area contributed by atoms with Gasteiger partial charge < -0.3 is 0 Å². The van der Waals surface area contributed by atoms with Crippen molar-refractivity contribution >= 4 is 18.4 Å². The van der Waals surface area contributed by atoms with Gasteiger partial charge in [-0.1, -0.05) is 27.0 Å². The number of Topliss-reactive ketones (excluding diaryl/α,β-unsaturated/α-hetero) is 1. The predicted octanol–water partition coefficient (Wildman–Crippen LogP) is 1.44. The fraction of sp³-hybridized carbons (Fsp3) is 0.231. The van der Waals surface area contributed by atoms with Crippen molar-refractivity contribution in [3.05, 3.63) is 41.0 Å². The summed E-state index contributed by atoms with van der Waals surface area (Å²) in [4.78, 5) is 14.8. The molecule has 0 unspecified atom stereocenters. The molecule has 0 spiro atoms. The third-order valence-corrected chi connectivity index (χ3v) is 1.73. The molecular formula is C13H17NO. The van der Waals surface area contributed by atoms with E-state index in [1.165, 1.54) is 6.92 Å². The maximum Gasteiger partial charge on any atom is 0.159 e. The van der Waals surface area contributed by atoms with Crippen LogP contribution in [-0.4, -0.2) is 10.8 Å². The minimum Gasteiger partial charge on any atom is -0.295 e. The van der Waals surface area contributed by atoms with Gasteiger partial charge in [0.15, 0.2) is 5.78 Å².